The largest absolute Gasteiger partial charge is 0.482 e. The first-order chi connectivity index (χ1) is 24.8. The average molecular weight is 824 g/mol. The molecule has 5 unspecified atom stereocenters. The number of nitrogens with zero attached hydrogens (tertiary/aromatic N) is 7. The van der Waals surface area contributed by atoms with Crippen molar-refractivity contribution in [3.63, 3.8) is 0 Å². The van der Waals surface area contributed by atoms with Crippen molar-refractivity contribution in [1.29, 1.82) is 0 Å². The summed E-state index contributed by atoms with van der Waals surface area (Å²) in [5.74, 6) is -0.200. The van der Waals surface area contributed by atoms with Crippen molar-refractivity contribution in [2.24, 2.45) is 15.3 Å². The molecule has 3 aromatic carbocycles. The molecule has 0 bridgehead atoms. The van der Waals surface area contributed by atoms with Crippen molar-refractivity contribution >= 4 is 57.3 Å². The normalized spacial score (nSPS) is 16.1. The second kappa shape index (κ2) is 18.8. The van der Waals surface area contributed by atoms with E-state index in [1.807, 2.05) is 78.2 Å². The van der Waals surface area contributed by atoms with Gasteiger partial charge in [0, 0.05) is 19.0 Å². The quantitative estimate of drug-likeness (QED) is 0.0263. The topological polar surface area (TPSA) is 185 Å². The van der Waals surface area contributed by atoms with Gasteiger partial charge >= 0.3 is 7.60 Å². The molecule has 5 atom stereocenters. The summed E-state index contributed by atoms with van der Waals surface area (Å²) in [5.41, 5.74) is 9.49. The molecular formula is C34H48N7O7P3S2. The van der Waals surface area contributed by atoms with Crippen molar-refractivity contribution in [3.8, 4) is 17.2 Å². The van der Waals surface area contributed by atoms with Gasteiger partial charge in [-0.25, -0.2) is 0 Å². The molecule has 288 valence electrons. The predicted octanol–water partition coefficient (Wildman–Crippen LogP) is 8.40. The van der Waals surface area contributed by atoms with E-state index in [9.17, 15) is 19.5 Å². The van der Waals surface area contributed by atoms with E-state index in [4.69, 9.17) is 43.4 Å². The van der Waals surface area contributed by atoms with Crippen LogP contribution >= 0.6 is 21.3 Å². The van der Waals surface area contributed by atoms with E-state index >= 15 is 0 Å². The Kier molecular flexibility index (Phi) is 15.7. The molecule has 0 fully saturated rings. The zero-order valence-electron chi connectivity index (χ0n) is 30.9. The van der Waals surface area contributed by atoms with E-state index in [1.165, 1.54) is 12.1 Å². The summed E-state index contributed by atoms with van der Waals surface area (Å²) in [6.45, 7) is 7.76. The van der Waals surface area contributed by atoms with Gasteiger partial charge in [0.05, 0.1) is 26.1 Å². The third kappa shape index (κ3) is 12.6. The Morgan fingerprint density at radius 3 is 1.47 bits per heavy atom. The summed E-state index contributed by atoms with van der Waals surface area (Å²) in [4.78, 5) is 21.3. The SMILES string of the molecule is CCC(C)(Oc1ccc(/C=N/N(C)[PH](=S)C(C)(CC)Oc2ccc(C(O)P(=O)(O)O)cc2)cc1)[PH](=S)N(C)/N=C/c1ccc(OC(C)(C)N=[N+]=[N-])cc1. The highest BCUT2D eigenvalue weighted by Crippen LogP contribution is 2.50. The average Bonchev–Trinajstić information content (AvgIpc) is 3.12. The Morgan fingerprint density at radius 2 is 1.13 bits per heavy atom. The number of aliphatic hydroxyl groups excluding tert-OH is 1. The Balaban J connectivity index is 1.62. The maximum Gasteiger partial charge on any atom is 0.358 e. The van der Waals surface area contributed by atoms with Gasteiger partial charge in [-0.1, -0.05) is 49.6 Å². The highest BCUT2D eigenvalue weighted by molar-refractivity contribution is 8.04. The number of aliphatic hydroxyl groups is 1. The maximum atomic E-state index is 11.4. The van der Waals surface area contributed by atoms with E-state index in [0.29, 0.717) is 30.1 Å². The van der Waals surface area contributed by atoms with Crippen molar-refractivity contribution in [1.82, 2.24) is 9.56 Å². The molecule has 3 aromatic rings. The predicted molar refractivity (Wildman–Crippen MR) is 221 cm³/mol. The van der Waals surface area contributed by atoms with Gasteiger partial charge in [0.1, 0.15) is 27.9 Å². The summed E-state index contributed by atoms with van der Waals surface area (Å²) in [7, 11) is -1.03. The molecule has 19 heteroatoms. The van der Waals surface area contributed by atoms with Crippen molar-refractivity contribution in [2.75, 3.05) is 14.1 Å². The Hall–Kier alpha value is -3.28. The summed E-state index contributed by atoms with van der Waals surface area (Å²) in [6.07, 6.45) is 4.72. The number of hydrazone groups is 2. The summed E-state index contributed by atoms with van der Waals surface area (Å²) in [6, 6.07) is 20.8. The van der Waals surface area contributed by atoms with Gasteiger partial charge in [0.25, 0.3) is 0 Å². The van der Waals surface area contributed by atoms with Crippen LogP contribution in [-0.4, -0.2) is 67.4 Å². The third-order valence-corrected chi connectivity index (χ3v) is 17.4. The fraction of sp³-hybridized carbons (Fsp3) is 0.412. The van der Waals surface area contributed by atoms with Crippen molar-refractivity contribution in [3.05, 3.63) is 99.9 Å². The van der Waals surface area contributed by atoms with E-state index in [1.54, 1.807) is 60.1 Å². The number of hydrogen-bond acceptors (Lipinski definition) is 10. The first-order valence-electron chi connectivity index (χ1n) is 16.6. The van der Waals surface area contributed by atoms with E-state index < -0.39 is 43.5 Å². The van der Waals surface area contributed by atoms with Crippen LogP contribution in [-0.2, 0) is 28.2 Å². The molecular weight excluding hydrogens is 775 g/mol. The number of hydrogen-bond donors (Lipinski definition) is 3. The maximum absolute atomic E-state index is 11.4. The molecule has 0 saturated heterocycles. The first kappa shape index (κ1) is 44.1. The van der Waals surface area contributed by atoms with Crippen LogP contribution in [0, 0.1) is 0 Å². The summed E-state index contributed by atoms with van der Waals surface area (Å²) >= 11 is 11.9. The lowest BCUT2D eigenvalue weighted by molar-refractivity contribution is 0.117. The summed E-state index contributed by atoms with van der Waals surface area (Å²) in [5, 5.41) is 21.4. The minimum Gasteiger partial charge on any atom is -0.482 e. The zero-order valence-corrected chi connectivity index (χ0v) is 35.5. The Morgan fingerprint density at radius 1 is 0.774 bits per heavy atom. The number of rotatable bonds is 19. The van der Waals surface area contributed by atoms with Gasteiger partial charge < -0.3 is 29.1 Å². The van der Waals surface area contributed by atoms with Crippen LogP contribution in [0.15, 0.2) is 88.1 Å². The molecule has 3 rings (SSSR count). The molecule has 0 heterocycles. The fourth-order valence-corrected chi connectivity index (χ4v) is 9.38. The summed E-state index contributed by atoms with van der Waals surface area (Å²) < 4.78 is 33.4. The molecule has 3 N–H and O–H groups in total. The smallest absolute Gasteiger partial charge is 0.358 e. The molecule has 0 aliphatic heterocycles. The molecule has 0 aliphatic rings. The van der Waals surface area contributed by atoms with Crippen molar-refractivity contribution < 1.29 is 33.7 Å². The van der Waals surface area contributed by atoms with Crippen LogP contribution in [0.2, 0.25) is 0 Å². The molecule has 0 saturated carbocycles. The van der Waals surface area contributed by atoms with Gasteiger partial charge in [0.15, 0.2) is 11.6 Å². The lowest BCUT2D eigenvalue weighted by Crippen LogP contribution is -2.30. The van der Waals surface area contributed by atoms with Crippen LogP contribution in [0.4, 0.5) is 0 Å². The molecule has 14 nitrogen and oxygen atoms in total. The van der Waals surface area contributed by atoms with Gasteiger partial charge in [-0.2, -0.15) is 10.2 Å². The van der Waals surface area contributed by atoms with E-state index in [2.05, 4.69) is 20.2 Å². The monoisotopic (exact) mass is 823 g/mol. The van der Waals surface area contributed by atoms with Crippen LogP contribution in [0.1, 0.15) is 76.9 Å². The number of azide groups is 1. The molecule has 0 aromatic heterocycles. The van der Waals surface area contributed by atoms with Gasteiger partial charge in [-0.15, -0.1) is 0 Å². The van der Waals surface area contributed by atoms with E-state index in [-0.39, 0.29) is 5.56 Å². The minimum absolute atomic E-state index is 0.0915. The third-order valence-electron chi connectivity index (χ3n) is 8.20. The highest BCUT2D eigenvalue weighted by atomic mass is 32.4. The molecule has 0 spiro atoms. The second-order valence-electron chi connectivity index (χ2n) is 12.9. The van der Waals surface area contributed by atoms with Crippen LogP contribution in [0.25, 0.3) is 10.4 Å². The first-order valence-corrected chi connectivity index (χ1v) is 23.4. The molecule has 0 amide bonds. The van der Waals surface area contributed by atoms with Gasteiger partial charge in [0.2, 0.25) is 0 Å². The van der Waals surface area contributed by atoms with E-state index in [0.717, 1.165) is 11.1 Å². The van der Waals surface area contributed by atoms with Crippen molar-refractivity contribution in [2.45, 2.75) is 76.6 Å². The standard InChI is InChI=1S/C34H48N7O7P3S2/c1-9-33(5,49(52)40(7)36-23-25-11-17-28(18-12-25)46-32(3,4)38-39-35)47-29-19-13-26(14-20-29)24-37-41(8)50(53)34(6,10-2)48-30-21-15-27(16-22-30)31(42)51(43,44)45/h11-24,31,42,49-50H,9-10H2,1-8H3,(H2,43,44,45)/b36-23+,37-24+. The van der Waals surface area contributed by atoms with Gasteiger partial charge in [-0.3, -0.25) is 14.1 Å². The lowest BCUT2D eigenvalue weighted by Gasteiger charge is -2.34. The minimum atomic E-state index is -4.69. The van der Waals surface area contributed by atoms with Gasteiger partial charge in [-0.05, 0) is 129 Å². The lowest BCUT2D eigenvalue weighted by atomic mass is 10.2. The zero-order chi connectivity index (χ0) is 39.6. The number of benzene rings is 3. The Bertz CT molecular complexity index is 1890. The second-order valence-corrected chi connectivity index (χ2v) is 21.5. The number of ether oxygens (including phenoxy) is 3. The fourth-order valence-electron chi connectivity index (χ4n) is 4.71. The van der Waals surface area contributed by atoms with Crippen LogP contribution in [0.3, 0.4) is 0 Å². The molecule has 0 aliphatic carbocycles. The van der Waals surface area contributed by atoms with Crippen LogP contribution in [0.5, 0.6) is 17.2 Å². The molecule has 0 radical (unpaired) electrons. The van der Waals surface area contributed by atoms with Crippen LogP contribution < -0.4 is 14.2 Å². The molecule has 53 heavy (non-hydrogen) atoms. The highest BCUT2D eigenvalue weighted by Gasteiger charge is 2.33. The Labute approximate surface area is 322 Å².